The predicted octanol–water partition coefficient (Wildman–Crippen LogP) is -0.143. The van der Waals surface area contributed by atoms with Crippen LogP contribution in [0.1, 0.15) is 20.3 Å². The molecule has 0 aliphatic rings. The van der Waals surface area contributed by atoms with Crippen LogP contribution in [-0.4, -0.2) is 31.9 Å². The molecule has 1 aromatic rings. The summed E-state index contributed by atoms with van der Waals surface area (Å²) in [6.07, 6.45) is 1.40. The molecule has 1 aromatic heterocycles. The minimum absolute atomic E-state index is 0.00307. The lowest BCUT2D eigenvalue weighted by atomic mass is 10.3. The van der Waals surface area contributed by atoms with Crippen molar-refractivity contribution in [3.05, 3.63) is 18.3 Å². The first-order valence-corrected chi connectivity index (χ1v) is 7.31. The molecule has 0 aromatic carbocycles. The molecule has 0 atom stereocenters. The van der Waals surface area contributed by atoms with E-state index >= 15 is 0 Å². The highest BCUT2D eigenvalue weighted by atomic mass is 32.2. The van der Waals surface area contributed by atoms with Crippen molar-refractivity contribution in [3.8, 4) is 0 Å². The summed E-state index contributed by atoms with van der Waals surface area (Å²) in [5, 5.41) is 2.44. The van der Waals surface area contributed by atoms with Gasteiger partial charge < -0.3 is 11.1 Å². The average molecular weight is 286 g/mol. The maximum atomic E-state index is 11.9. The Balaban J connectivity index is 2.58. The van der Waals surface area contributed by atoms with Gasteiger partial charge in [0.2, 0.25) is 5.91 Å². The Labute approximate surface area is 112 Å². The van der Waals surface area contributed by atoms with Crippen LogP contribution in [-0.2, 0) is 14.8 Å². The first-order chi connectivity index (χ1) is 8.83. The quantitative estimate of drug-likeness (QED) is 0.673. The lowest BCUT2D eigenvalue weighted by molar-refractivity contribution is -0.121. The number of hydrogen-bond acceptors (Lipinski definition) is 5. The van der Waals surface area contributed by atoms with Crippen molar-refractivity contribution < 1.29 is 13.2 Å². The average Bonchev–Trinajstić information content (AvgIpc) is 2.27. The van der Waals surface area contributed by atoms with E-state index in [2.05, 4.69) is 15.0 Å². The molecule has 0 bridgehead atoms. The van der Waals surface area contributed by atoms with Gasteiger partial charge in [-0.05, 0) is 26.0 Å². The lowest BCUT2D eigenvalue weighted by Gasteiger charge is -2.09. The Hall–Kier alpha value is -1.67. The molecular weight excluding hydrogens is 268 g/mol. The second-order valence-electron chi connectivity index (χ2n) is 4.27. The first kappa shape index (κ1) is 15.4. The van der Waals surface area contributed by atoms with Crippen molar-refractivity contribution >= 4 is 21.6 Å². The molecule has 0 spiro atoms. The van der Waals surface area contributed by atoms with Gasteiger partial charge in [-0.3, -0.25) is 4.79 Å². The van der Waals surface area contributed by atoms with Crippen LogP contribution in [0.15, 0.2) is 23.4 Å². The molecule has 0 aliphatic carbocycles. The Morgan fingerprint density at radius 1 is 1.47 bits per heavy atom. The number of nitrogens with two attached hydrogens (primary N) is 1. The Bertz CT molecular complexity index is 543. The summed E-state index contributed by atoms with van der Waals surface area (Å²) in [4.78, 5) is 15.1. The van der Waals surface area contributed by atoms with Crippen LogP contribution in [0.4, 0.5) is 5.69 Å². The first-order valence-electron chi connectivity index (χ1n) is 5.82. The zero-order chi connectivity index (χ0) is 14.5. The third kappa shape index (κ3) is 4.84. The number of carbonyl (C=O) groups excluding carboxylic acids is 1. The number of pyridine rings is 1. The van der Waals surface area contributed by atoms with Crippen LogP contribution in [0.3, 0.4) is 0 Å². The number of nitrogen functional groups attached to an aromatic ring is 1. The summed E-state index contributed by atoms with van der Waals surface area (Å²) < 4.78 is 26.0. The van der Waals surface area contributed by atoms with Gasteiger partial charge in [0.05, 0.1) is 5.69 Å². The molecule has 0 aliphatic heterocycles. The van der Waals surface area contributed by atoms with Crippen molar-refractivity contribution in [2.75, 3.05) is 12.3 Å². The van der Waals surface area contributed by atoms with Gasteiger partial charge in [0.1, 0.15) is 0 Å². The molecule has 7 nitrogen and oxygen atoms in total. The zero-order valence-electron chi connectivity index (χ0n) is 10.9. The predicted molar refractivity (Wildman–Crippen MR) is 71.7 cm³/mol. The van der Waals surface area contributed by atoms with E-state index in [0.717, 1.165) is 0 Å². The molecule has 106 valence electrons. The van der Waals surface area contributed by atoms with E-state index in [4.69, 9.17) is 5.73 Å². The number of aromatic nitrogens is 1. The molecular formula is C11H18N4O3S. The number of nitrogens with zero attached hydrogens (tertiary/aromatic N) is 1. The fraction of sp³-hybridized carbons (Fsp3) is 0.455. The topological polar surface area (TPSA) is 114 Å². The number of carbonyl (C=O) groups is 1. The van der Waals surface area contributed by atoms with Crippen molar-refractivity contribution in [3.63, 3.8) is 0 Å². The van der Waals surface area contributed by atoms with E-state index < -0.39 is 10.0 Å². The Kier molecular flexibility index (Phi) is 5.25. The van der Waals surface area contributed by atoms with Crippen LogP contribution in [0.25, 0.3) is 0 Å². The summed E-state index contributed by atoms with van der Waals surface area (Å²) in [6.45, 7) is 3.66. The monoisotopic (exact) mass is 286 g/mol. The molecule has 1 rings (SSSR count). The molecule has 0 fully saturated rings. The Morgan fingerprint density at radius 2 is 2.16 bits per heavy atom. The molecule has 1 heterocycles. The highest BCUT2D eigenvalue weighted by molar-refractivity contribution is 7.89. The number of amides is 1. The largest absolute Gasteiger partial charge is 0.396 e. The van der Waals surface area contributed by atoms with Gasteiger partial charge in [-0.1, -0.05) is 0 Å². The minimum Gasteiger partial charge on any atom is -0.396 e. The molecule has 0 saturated heterocycles. The Morgan fingerprint density at radius 3 is 2.74 bits per heavy atom. The van der Waals surface area contributed by atoms with Gasteiger partial charge in [0, 0.05) is 25.2 Å². The standard InChI is InChI=1S/C11H18N4O3S/c1-8(2)15-10(16)5-7-14-19(17,18)11-9(12)4-3-6-13-11/h3-4,6,8,14H,5,7,12H2,1-2H3,(H,15,16). The fourth-order valence-electron chi connectivity index (χ4n) is 1.39. The lowest BCUT2D eigenvalue weighted by Crippen LogP contribution is -2.34. The summed E-state index contributed by atoms with van der Waals surface area (Å²) in [5.74, 6) is -0.216. The van der Waals surface area contributed by atoms with Crippen molar-refractivity contribution in [1.82, 2.24) is 15.0 Å². The smallest absolute Gasteiger partial charge is 0.260 e. The highest BCUT2D eigenvalue weighted by Gasteiger charge is 2.18. The fourth-order valence-corrected chi connectivity index (χ4v) is 2.47. The minimum atomic E-state index is -3.78. The molecule has 19 heavy (non-hydrogen) atoms. The van der Waals surface area contributed by atoms with Gasteiger partial charge >= 0.3 is 0 Å². The maximum Gasteiger partial charge on any atom is 0.260 e. The van der Waals surface area contributed by atoms with E-state index in [9.17, 15) is 13.2 Å². The van der Waals surface area contributed by atoms with E-state index in [0.29, 0.717) is 0 Å². The number of sulfonamides is 1. The van der Waals surface area contributed by atoms with Crippen LogP contribution in [0, 0.1) is 0 Å². The number of hydrogen-bond donors (Lipinski definition) is 3. The molecule has 0 unspecified atom stereocenters. The molecule has 4 N–H and O–H groups in total. The van der Waals surface area contributed by atoms with Gasteiger partial charge in [0.15, 0.2) is 5.03 Å². The van der Waals surface area contributed by atoms with Gasteiger partial charge in [0.25, 0.3) is 10.0 Å². The van der Waals surface area contributed by atoms with Crippen LogP contribution < -0.4 is 15.8 Å². The van der Waals surface area contributed by atoms with Gasteiger partial charge in [-0.25, -0.2) is 18.1 Å². The summed E-state index contributed by atoms with van der Waals surface area (Å²) >= 11 is 0. The second-order valence-corrected chi connectivity index (χ2v) is 5.95. The van der Waals surface area contributed by atoms with Gasteiger partial charge in [-0.2, -0.15) is 0 Å². The third-order valence-electron chi connectivity index (χ3n) is 2.15. The van der Waals surface area contributed by atoms with Crippen LogP contribution in [0.5, 0.6) is 0 Å². The summed E-state index contributed by atoms with van der Waals surface area (Å²) in [6, 6.07) is 3.02. The van der Waals surface area contributed by atoms with Crippen molar-refractivity contribution in [2.45, 2.75) is 31.3 Å². The number of rotatable bonds is 6. The van der Waals surface area contributed by atoms with Crippen molar-refractivity contribution in [1.29, 1.82) is 0 Å². The maximum absolute atomic E-state index is 11.9. The van der Waals surface area contributed by atoms with Gasteiger partial charge in [-0.15, -0.1) is 0 Å². The van der Waals surface area contributed by atoms with E-state index in [1.807, 2.05) is 13.8 Å². The highest BCUT2D eigenvalue weighted by Crippen LogP contribution is 2.13. The van der Waals surface area contributed by atoms with E-state index in [1.54, 1.807) is 6.07 Å². The third-order valence-corrected chi connectivity index (χ3v) is 3.58. The molecule has 0 saturated carbocycles. The summed E-state index contributed by atoms with van der Waals surface area (Å²) in [7, 11) is -3.78. The number of anilines is 1. The van der Waals surface area contributed by atoms with Crippen LogP contribution >= 0.6 is 0 Å². The molecule has 8 heteroatoms. The van der Waals surface area contributed by atoms with Crippen LogP contribution in [0.2, 0.25) is 0 Å². The SMILES string of the molecule is CC(C)NC(=O)CCNS(=O)(=O)c1ncccc1N. The van der Waals surface area contributed by atoms with E-state index in [1.165, 1.54) is 12.3 Å². The van der Waals surface area contributed by atoms with Crippen molar-refractivity contribution in [2.24, 2.45) is 0 Å². The molecule has 0 radical (unpaired) electrons. The summed E-state index contributed by atoms with van der Waals surface area (Å²) in [5.41, 5.74) is 5.61. The second kappa shape index (κ2) is 6.48. The zero-order valence-corrected chi connectivity index (χ0v) is 11.7. The molecule has 1 amide bonds. The normalized spacial score (nSPS) is 11.5. The number of nitrogens with one attached hydrogen (secondary N) is 2. The van der Waals surface area contributed by atoms with E-state index in [-0.39, 0.29) is 35.6 Å².